The Morgan fingerprint density at radius 3 is 2.10 bits per heavy atom. The first-order valence-corrected chi connectivity index (χ1v) is 14.3. The Hall–Kier alpha value is -4.43. The summed E-state index contributed by atoms with van der Waals surface area (Å²) in [5.41, 5.74) is 3.93. The maximum Gasteiger partial charge on any atom is 0.258 e. The number of benzene rings is 3. The molecule has 3 aromatic carbocycles. The lowest BCUT2D eigenvalue weighted by Crippen LogP contribution is -2.43. The van der Waals surface area contributed by atoms with Crippen molar-refractivity contribution in [2.45, 2.75) is 44.7 Å². The normalized spacial score (nSPS) is 18.4. The smallest absolute Gasteiger partial charge is 0.258 e. The Morgan fingerprint density at radius 2 is 1.49 bits per heavy atom. The van der Waals surface area contributed by atoms with E-state index in [2.05, 4.69) is 16.0 Å². The molecule has 3 N–H and O–H groups in total. The average molecular weight is 553 g/mol. The number of anilines is 2. The van der Waals surface area contributed by atoms with Crippen molar-refractivity contribution in [2.75, 3.05) is 30.3 Å². The highest BCUT2D eigenvalue weighted by molar-refractivity contribution is 6.03. The third kappa shape index (κ3) is 7.02. The number of amides is 3. The van der Waals surface area contributed by atoms with Crippen LogP contribution in [0.25, 0.3) is 12.2 Å². The van der Waals surface area contributed by atoms with Crippen LogP contribution >= 0.6 is 0 Å². The first-order valence-electron chi connectivity index (χ1n) is 14.3. The molecule has 3 aromatic rings. The van der Waals surface area contributed by atoms with Gasteiger partial charge in [-0.25, -0.2) is 0 Å². The van der Waals surface area contributed by atoms with Crippen LogP contribution in [0.5, 0.6) is 5.75 Å². The summed E-state index contributed by atoms with van der Waals surface area (Å²) in [5, 5.41) is 9.15. The summed E-state index contributed by atoms with van der Waals surface area (Å²) in [6, 6.07) is 21.8. The van der Waals surface area contributed by atoms with Crippen LogP contribution in [0.4, 0.5) is 11.4 Å². The Labute approximate surface area is 240 Å². The van der Waals surface area contributed by atoms with Crippen molar-refractivity contribution in [2.24, 2.45) is 0 Å². The summed E-state index contributed by atoms with van der Waals surface area (Å²) in [6.45, 7) is 3.76. The number of nitrogens with zero attached hydrogens (tertiary/aromatic N) is 1. The van der Waals surface area contributed by atoms with Gasteiger partial charge in [0.05, 0.1) is 18.2 Å². The van der Waals surface area contributed by atoms with Gasteiger partial charge >= 0.3 is 0 Å². The molecule has 2 fully saturated rings. The molecule has 212 valence electrons. The quantitative estimate of drug-likeness (QED) is 0.317. The average Bonchev–Trinajstić information content (AvgIpc) is 3.71. The molecule has 0 aromatic heterocycles. The van der Waals surface area contributed by atoms with Crippen LogP contribution in [0, 0.1) is 0 Å². The molecule has 0 radical (unpaired) electrons. The highest BCUT2D eigenvalue weighted by Gasteiger charge is 2.35. The summed E-state index contributed by atoms with van der Waals surface area (Å²) in [7, 11) is 0. The molecule has 2 heterocycles. The molecule has 2 atom stereocenters. The van der Waals surface area contributed by atoms with Gasteiger partial charge in [-0.05, 0) is 86.7 Å². The largest absolute Gasteiger partial charge is 0.493 e. The minimum Gasteiger partial charge on any atom is -0.493 e. The monoisotopic (exact) mass is 552 g/mol. The van der Waals surface area contributed by atoms with Crippen LogP contribution in [0.1, 0.15) is 54.1 Å². The van der Waals surface area contributed by atoms with Crippen molar-refractivity contribution in [1.82, 2.24) is 10.2 Å². The van der Waals surface area contributed by atoms with Gasteiger partial charge in [-0.2, -0.15) is 0 Å². The van der Waals surface area contributed by atoms with E-state index in [1.165, 1.54) is 0 Å². The zero-order valence-corrected chi connectivity index (χ0v) is 23.3. The molecule has 0 saturated carbocycles. The van der Waals surface area contributed by atoms with Gasteiger partial charge in [0.15, 0.2) is 0 Å². The second kappa shape index (κ2) is 13.3. The molecule has 2 aliphatic rings. The number of carbonyl (C=O) groups is 3. The SMILES string of the molecule is CCOc1ccccc1C(=O)N1CCC[C@H]1C(=O)Nc1ccc(/C=C/c2ccc(NC(=O)[C@@H]3CCCN3)cc2)cc1. The Bertz CT molecular complexity index is 1400. The molecule has 2 saturated heterocycles. The van der Waals surface area contributed by atoms with Gasteiger partial charge in [0.1, 0.15) is 11.8 Å². The van der Waals surface area contributed by atoms with E-state index in [9.17, 15) is 14.4 Å². The lowest BCUT2D eigenvalue weighted by Gasteiger charge is -2.25. The van der Waals surface area contributed by atoms with E-state index < -0.39 is 6.04 Å². The summed E-state index contributed by atoms with van der Waals surface area (Å²) >= 11 is 0. The molecule has 8 heteroatoms. The summed E-state index contributed by atoms with van der Waals surface area (Å²) in [4.78, 5) is 40.4. The number of likely N-dealkylation sites (tertiary alicyclic amines) is 1. The minimum atomic E-state index is -0.529. The van der Waals surface area contributed by atoms with E-state index in [4.69, 9.17) is 4.74 Å². The molecule has 8 nitrogen and oxygen atoms in total. The van der Waals surface area contributed by atoms with Crippen LogP contribution in [0.15, 0.2) is 72.8 Å². The third-order valence-corrected chi connectivity index (χ3v) is 7.44. The topological polar surface area (TPSA) is 99.8 Å². The predicted octanol–water partition coefficient (Wildman–Crippen LogP) is 5.19. The van der Waals surface area contributed by atoms with E-state index in [1.807, 2.05) is 73.7 Å². The molecular weight excluding hydrogens is 516 g/mol. The van der Waals surface area contributed by atoms with Crippen molar-refractivity contribution in [3.63, 3.8) is 0 Å². The van der Waals surface area contributed by atoms with Crippen molar-refractivity contribution >= 4 is 41.2 Å². The van der Waals surface area contributed by atoms with Gasteiger partial charge in [-0.1, -0.05) is 48.6 Å². The highest BCUT2D eigenvalue weighted by Crippen LogP contribution is 2.26. The molecule has 0 bridgehead atoms. The lowest BCUT2D eigenvalue weighted by atomic mass is 10.1. The number of nitrogens with one attached hydrogen (secondary N) is 3. The van der Waals surface area contributed by atoms with Gasteiger partial charge < -0.3 is 25.6 Å². The van der Waals surface area contributed by atoms with Crippen LogP contribution in [-0.4, -0.2) is 54.4 Å². The number of carbonyl (C=O) groups excluding carboxylic acids is 3. The standard InChI is InChI=1S/C33H36N4O4/c1-2-41-30-10-4-3-7-27(30)33(40)37-22-6-9-29(37)32(39)36-26-19-15-24(16-20-26)12-11-23-13-17-25(18-14-23)35-31(38)28-8-5-21-34-28/h3-4,7,10-20,28-29,34H,2,5-6,8-9,21-22H2,1H3,(H,35,38)(H,36,39)/b12-11+/t28-,29-/m0/s1. The lowest BCUT2D eigenvalue weighted by molar-refractivity contribution is -0.120. The van der Waals surface area contributed by atoms with Crippen molar-refractivity contribution in [3.8, 4) is 5.75 Å². The maximum absolute atomic E-state index is 13.3. The summed E-state index contributed by atoms with van der Waals surface area (Å²) in [5.74, 6) is 0.170. The molecule has 5 rings (SSSR count). The Morgan fingerprint density at radius 1 is 0.854 bits per heavy atom. The van der Waals surface area contributed by atoms with Gasteiger partial charge in [-0.15, -0.1) is 0 Å². The fourth-order valence-corrected chi connectivity index (χ4v) is 5.27. The number of rotatable bonds is 9. The minimum absolute atomic E-state index is 0.0112. The summed E-state index contributed by atoms with van der Waals surface area (Å²) < 4.78 is 5.63. The van der Waals surface area contributed by atoms with Crippen LogP contribution < -0.4 is 20.7 Å². The maximum atomic E-state index is 13.3. The van der Waals surface area contributed by atoms with Crippen LogP contribution in [0.2, 0.25) is 0 Å². The van der Waals surface area contributed by atoms with E-state index in [0.29, 0.717) is 36.6 Å². The van der Waals surface area contributed by atoms with Crippen molar-refractivity contribution < 1.29 is 19.1 Å². The zero-order valence-electron chi connectivity index (χ0n) is 23.3. The number of hydrogen-bond donors (Lipinski definition) is 3. The molecule has 0 spiro atoms. The van der Waals surface area contributed by atoms with Gasteiger partial charge in [-0.3, -0.25) is 14.4 Å². The summed E-state index contributed by atoms with van der Waals surface area (Å²) in [6.07, 6.45) is 7.29. The van der Waals surface area contributed by atoms with Crippen molar-refractivity contribution in [3.05, 3.63) is 89.5 Å². The van der Waals surface area contributed by atoms with Crippen molar-refractivity contribution in [1.29, 1.82) is 0 Å². The van der Waals surface area contributed by atoms with Gasteiger partial charge in [0.2, 0.25) is 11.8 Å². The first-order chi connectivity index (χ1) is 20.0. The number of para-hydroxylation sites is 1. The Balaban J connectivity index is 1.16. The van der Waals surface area contributed by atoms with E-state index in [0.717, 1.165) is 42.6 Å². The number of ether oxygens (including phenoxy) is 1. The predicted molar refractivity (Wildman–Crippen MR) is 162 cm³/mol. The second-order valence-corrected chi connectivity index (χ2v) is 10.3. The molecule has 0 unspecified atom stereocenters. The third-order valence-electron chi connectivity index (χ3n) is 7.44. The highest BCUT2D eigenvalue weighted by atomic mass is 16.5. The van der Waals surface area contributed by atoms with Crippen LogP contribution in [-0.2, 0) is 9.59 Å². The first kappa shape index (κ1) is 28.1. The molecule has 2 aliphatic heterocycles. The van der Waals surface area contributed by atoms with Crippen LogP contribution in [0.3, 0.4) is 0 Å². The molecule has 3 amide bonds. The second-order valence-electron chi connectivity index (χ2n) is 10.3. The fraction of sp³-hybridized carbons (Fsp3) is 0.303. The molecular formula is C33H36N4O4. The van der Waals surface area contributed by atoms with E-state index in [-0.39, 0.29) is 23.8 Å². The van der Waals surface area contributed by atoms with Gasteiger partial charge in [0.25, 0.3) is 5.91 Å². The zero-order chi connectivity index (χ0) is 28.6. The Kier molecular flexibility index (Phi) is 9.11. The van der Waals surface area contributed by atoms with E-state index >= 15 is 0 Å². The molecule has 0 aliphatic carbocycles. The fourth-order valence-electron chi connectivity index (χ4n) is 5.27. The van der Waals surface area contributed by atoms with E-state index in [1.54, 1.807) is 23.1 Å². The molecule has 41 heavy (non-hydrogen) atoms. The number of hydrogen-bond acceptors (Lipinski definition) is 5. The van der Waals surface area contributed by atoms with Gasteiger partial charge in [0, 0.05) is 17.9 Å².